The van der Waals surface area contributed by atoms with Crippen LogP contribution in [0.2, 0.25) is 0 Å². The standard InChI is InChI=1S/C20H29N3O3/c1-14(19(25)22-20(26)21-17-6-7-17)23-12-10-16(11-13-23)3-2-15-4-8-18(24)9-5-15/h4-5,8-9,14,16-17,24H,2-3,6-7,10-13H2,1H3,(H2,21,22,25,26). The van der Waals surface area contributed by atoms with Gasteiger partial charge in [-0.15, -0.1) is 0 Å². The van der Waals surface area contributed by atoms with Crippen molar-refractivity contribution in [1.82, 2.24) is 15.5 Å². The van der Waals surface area contributed by atoms with Crippen molar-refractivity contribution in [1.29, 1.82) is 0 Å². The topological polar surface area (TPSA) is 81.7 Å². The van der Waals surface area contributed by atoms with Gasteiger partial charge in [-0.3, -0.25) is 15.0 Å². The molecule has 3 amide bonds. The smallest absolute Gasteiger partial charge is 0.321 e. The van der Waals surface area contributed by atoms with Crippen molar-refractivity contribution >= 4 is 11.9 Å². The summed E-state index contributed by atoms with van der Waals surface area (Å²) in [7, 11) is 0. The van der Waals surface area contributed by atoms with Crippen LogP contribution in [0.15, 0.2) is 24.3 Å². The second-order valence-electron chi connectivity index (χ2n) is 7.60. The van der Waals surface area contributed by atoms with Gasteiger partial charge in [0, 0.05) is 6.04 Å². The molecule has 1 aliphatic heterocycles. The minimum absolute atomic E-state index is 0.217. The summed E-state index contributed by atoms with van der Waals surface area (Å²) in [4.78, 5) is 26.1. The summed E-state index contributed by atoms with van der Waals surface area (Å²) in [5, 5.41) is 14.6. The van der Waals surface area contributed by atoms with E-state index in [1.807, 2.05) is 19.1 Å². The maximum Gasteiger partial charge on any atom is 0.321 e. The lowest BCUT2D eigenvalue weighted by molar-refractivity contribution is -0.125. The molecular formula is C20H29N3O3. The van der Waals surface area contributed by atoms with Gasteiger partial charge in [0.2, 0.25) is 5.91 Å². The Bertz CT molecular complexity index is 620. The quantitative estimate of drug-likeness (QED) is 0.728. The molecule has 1 unspecified atom stereocenters. The molecular weight excluding hydrogens is 330 g/mol. The zero-order chi connectivity index (χ0) is 18.5. The average Bonchev–Trinajstić information content (AvgIpc) is 3.45. The average molecular weight is 359 g/mol. The van der Waals surface area contributed by atoms with Crippen LogP contribution in [0.4, 0.5) is 4.79 Å². The molecule has 0 bridgehead atoms. The van der Waals surface area contributed by atoms with Crippen LogP contribution in [-0.4, -0.2) is 47.1 Å². The Labute approximate surface area is 155 Å². The zero-order valence-corrected chi connectivity index (χ0v) is 15.4. The number of rotatable bonds is 6. The van der Waals surface area contributed by atoms with Crippen molar-refractivity contribution in [2.75, 3.05) is 13.1 Å². The third-order valence-electron chi connectivity index (χ3n) is 5.50. The fourth-order valence-electron chi connectivity index (χ4n) is 3.49. The maximum atomic E-state index is 12.2. The summed E-state index contributed by atoms with van der Waals surface area (Å²) in [6.07, 6.45) is 6.31. The molecule has 2 fully saturated rings. The first-order valence-corrected chi connectivity index (χ1v) is 9.64. The molecule has 0 radical (unpaired) electrons. The van der Waals surface area contributed by atoms with Crippen LogP contribution in [0.5, 0.6) is 5.75 Å². The van der Waals surface area contributed by atoms with Crippen molar-refractivity contribution in [2.24, 2.45) is 5.92 Å². The van der Waals surface area contributed by atoms with Gasteiger partial charge in [-0.05, 0) is 82.2 Å². The lowest BCUT2D eigenvalue weighted by Crippen LogP contribution is -2.51. The van der Waals surface area contributed by atoms with E-state index in [1.165, 1.54) is 5.56 Å². The third kappa shape index (κ3) is 5.46. The Morgan fingerprint density at radius 3 is 2.42 bits per heavy atom. The first-order chi connectivity index (χ1) is 12.5. The van der Waals surface area contributed by atoms with Gasteiger partial charge in [0.25, 0.3) is 0 Å². The Hall–Kier alpha value is -2.08. The number of nitrogens with one attached hydrogen (secondary N) is 2. The van der Waals surface area contributed by atoms with Crippen LogP contribution in [0.3, 0.4) is 0 Å². The number of aryl methyl sites for hydroxylation is 1. The largest absolute Gasteiger partial charge is 0.508 e. The van der Waals surface area contributed by atoms with Crippen molar-refractivity contribution in [3.63, 3.8) is 0 Å². The highest BCUT2D eigenvalue weighted by Crippen LogP contribution is 2.24. The monoisotopic (exact) mass is 359 g/mol. The van der Waals surface area contributed by atoms with Crippen molar-refractivity contribution < 1.29 is 14.7 Å². The number of phenolic OH excluding ortho intramolecular Hbond substituents is 1. The molecule has 1 atom stereocenters. The number of likely N-dealkylation sites (tertiary alicyclic amines) is 1. The molecule has 2 aliphatic rings. The lowest BCUT2D eigenvalue weighted by Gasteiger charge is -2.35. The minimum Gasteiger partial charge on any atom is -0.508 e. The fraction of sp³-hybridized carbons (Fsp3) is 0.600. The molecule has 1 saturated carbocycles. The van der Waals surface area contributed by atoms with E-state index in [4.69, 9.17) is 0 Å². The number of urea groups is 1. The molecule has 1 aromatic carbocycles. The molecule has 0 aromatic heterocycles. The van der Waals surface area contributed by atoms with E-state index in [0.29, 0.717) is 11.7 Å². The second kappa shape index (κ2) is 8.54. The van der Waals surface area contributed by atoms with Gasteiger partial charge >= 0.3 is 6.03 Å². The van der Waals surface area contributed by atoms with Gasteiger partial charge in [-0.2, -0.15) is 0 Å². The highest BCUT2D eigenvalue weighted by Gasteiger charge is 2.29. The number of aromatic hydroxyl groups is 1. The number of imide groups is 1. The molecule has 6 nitrogen and oxygen atoms in total. The van der Waals surface area contributed by atoms with Crippen LogP contribution >= 0.6 is 0 Å². The van der Waals surface area contributed by atoms with Gasteiger partial charge in [-0.25, -0.2) is 4.79 Å². The van der Waals surface area contributed by atoms with Crippen LogP contribution in [0.1, 0.15) is 44.6 Å². The molecule has 3 rings (SSSR count). The molecule has 1 saturated heterocycles. The van der Waals surface area contributed by atoms with E-state index in [1.54, 1.807) is 12.1 Å². The van der Waals surface area contributed by atoms with E-state index >= 15 is 0 Å². The van der Waals surface area contributed by atoms with Crippen molar-refractivity contribution in [3.05, 3.63) is 29.8 Å². The molecule has 1 aromatic rings. The first kappa shape index (κ1) is 18.7. The predicted octanol–water partition coefficient (Wildman–Crippen LogP) is 2.41. The summed E-state index contributed by atoms with van der Waals surface area (Å²) in [6.45, 7) is 3.65. The number of hydrogen-bond donors (Lipinski definition) is 3. The van der Waals surface area contributed by atoms with E-state index < -0.39 is 0 Å². The number of phenols is 1. The number of carbonyl (C=O) groups excluding carboxylic acids is 2. The number of nitrogens with zero attached hydrogens (tertiary/aromatic N) is 1. The summed E-state index contributed by atoms with van der Waals surface area (Å²) < 4.78 is 0. The number of benzene rings is 1. The van der Waals surface area contributed by atoms with Crippen LogP contribution in [0.25, 0.3) is 0 Å². The number of piperidine rings is 1. The number of carbonyl (C=O) groups is 2. The van der Waals surface area contributed by atoms with Crippen molar-refractivity contribution in [3.8, 4) is 5.75 Å². The van der Waals surface area contributed by atoms with Crippen molar-refractivity contribution in [2.45, 2.75) is 57.5 Å². The van der Waals surface area contributed by atoms with Gasteiger partial charge in [0.05, 0.1) is 6.04 Å². The molecule has 1 aliphatic carbocycles. The van der Waals surface area contributed by atoms with Gasteiger partial charge in [0.15, 0.2) is 0 Å². The van der Waals surface area contributed by atoms with E-state index in [2.05, 4.69) is 15.5 Å². The molecule has 26 heavy (non-hydrogen) atoms. The van der Waals surface area contributed by atoms with E-state index in [0.717, 1.165) is 51.6 Å². The van der Waals surface area contributed by atoms with Crippen LogP contribution in [0, 0.1) is 5.92 Å². The van der Waals surface area contributed by atoms with Gasteiger partial charge < -0.3 is 10.4 Å². The summed E-state index contributed by atoms with van der Waals surface area (Å²) >= 11 is 0. The maximum absolute atomic E-state index is 12.2. The predicted molar refractivity (Wildman–Crippen MR) is 99.9 cm³/mol. The minimum atomic E-state index is -0.367. The zero-order valence-electron chi connectivity index (χ0n) is 15.4. The SMILES string of the molecule is CC(C(=O)NC(=O)NC1CC1)N1CCC(CCc2ccc(O)cc2)CC1. The highest BCUT2D eigenvalue weighted by molar-refractivity contribution is 5.97. The fourth-order valence-corrected chi connectivity index (χ4v) is 3.49. The Morgan fingerprint density at radius 2 is 1.81 bits per heavy atom. The molecule has 3 N–H and O–H groups in total. The van der Waals surface area contributed by atoms with Gasteiger partial charge in [0.1, 0.15) is 5.75 Å². The highest BCUT2D eigenvalue weighted by atomic mass is 16.3. The number of amides is 3. The summed E-state index contributed by atoms with van der Waals surface area (Å²) in [5.41, 5.74) is 1.25. The first-order valence-electron chi connectivity index (χ1n) is 9.64. The summed E-state index contributed by atoms with van der Waals surface area (Å²) in [6, 6.07) is 7.02. The lowest BCUT2D eigenvalue weighted by atomic mass is 9.90. The number of hydrogen-bond acceptors (Lipinski definition) is 4. The van der Waals surface area contributed by atoms with Gasteiger partial charge in [-0.1, -0.05) is 12.1 Å². The van der Waals surface area contributed by atoms with Crippen LogP contribution in [-0.2, 0) is 11.2 Å². The molecule has 6 heteroatoms. The normalized spacial score (nSPS) is 19.7. The second-order valence-corrected chi connectivity index (χ2v) is 7.60. The third-order valence-corrected chi connectivity index (χ3v) is 5.50. The Kier molecular flexibility index (Phi) is 6.14. The molecule has 1 heterocycles. The molecule has 0 spiro atoms. The summed E-state index contributed by atoms with van der Waals surface area (Å²) in [5.74, 6) is 0.749. The Morgan fingerprint density at radius 1 is 1.15 bits per heavy atom. The van der Waals surface area contributed by atoms with E-state index in [-0.39, 0.29) is 24.0 Å². The molecule has 142 valence electrons. The van der Waals surface area contributed by atoms with Crippen LogP contribution < -0.4 is 10.6 Å². The van der Waals surface area contributed by atoms with E-state index in [9.17, 15) is 14.7 Å². The Balaban J connectivity index is 1.37.